The SMILES string of the molecule is O=C(O)c1ccc(F)c(/C=C/Br)c1. The summed E-state index contributed by atoms with van der Waals surface area (Å²) in [6.45, 7) is 0. The summed E-state index contributed by atoms with van der Waals surface area (Å²) in [5.74, 6) is -1.51. The molecule has 0 aliphatic heterocycles. The van der Waals surface area contributed by atoms with E-state index in [1.807, 2.05) is 0 Å². The topological polar surface area (TPSA) is 37.3 Å². The minimum atomic E-state index is -1.07. The highest BCUT2D eigenvalue weighted by Crippen LogP contribution is 2.13. The van der Waals surface area contributed by atoms with Crippen molar-refractivity contribution in [2.75, 3.05) is 0 Å². The molecule has 0 radical (unpaired) electrons. The fourth-order valence-electron chi connectivity index (χ4n) is 0.872. The van der Waals surface area contributed by atoms with Crippen LogP contribution in [0.3, 0.4) is 0 Å². The number of carbonyl (C=O) groups is 1. The molecule has 1 aromatic carbocycles. The quantitative estimate of drug-likeness (QED) is 0.869. The fourth-order valence-corrected chi connectivity index (χ4v) is 1.16. The summed E-state index contributed by atoms with van der Waals surface area (Å²) in [6.07, 6.45) is 1.45. The summed E-state index contributed by atoms with van der Waals surface area (Å²) in [6, 6.07) is 3.63. The molecular formula is C9H6BrFO2. The van der Waals surface area contributed by atoms with Crippen LogP contribution in [-0.2, 0) is 0 Å². The number of hydrogen-bond donors (Lipinski definition) is 1. The summed E-state index contributed by atoms with van der Waals surface area (Å²) < 4.78 is 13.0. The van der Waals surface area contributed by atoms with Crippen LogP contribution in [0.4, 0.5) is 4.39 Å². The number of halogens is 2. The average Bonchev–Trinajstić information content (AvgIpc) is 2.08. The molecule has 0 spiro atoms. The summed E-state index contributed by atoms with van der Waals surface area (Å²) in [4.78, 5) is 12.0. The summed E-state index contributed by atoms with van der Waals surface area (Å²) in [7, 11) is 0. The van der Waals surface area contributed by atoms with Crippen molar-refractivity contribution in [1.82, 2.24) is 0 Å². The van der Waals surface area contributed by atoms with Gasteiger partial charge in [0.1, 0.15) is 5.82 Å². The molecule has 0 unspecified atom stereocenters. The second-order valence-corrected chi connectivity index (χ2v) is 2.86. The zero-order chi connectivity index (χ0) is 9.84. The van der Waals surface area contributed by atoms with E-state index in [0.29, 0.717) is 0 Å². The lowest BCUT2D eigenvalue weighted by molar-refractivity contribution is 0.0697. The molecule has 0 fully saturated rings. The van der Waals surface area contributed by atoms with Gasteiger partial charge in [0.15, 0.2) is 0 Å². The van der Waals surface area contributed by atoms with Gasteiger partial charge in [-0.25, -0.2) is 9.18 Å². The fraction of sp³-hybridized carbons (Fsp3) is 0. The Morgan fingerprint density at radius 3 is 2.77 bits per heavy atom. The molecule has 2 nitrogen and oxygen atoms in total. The predicted molar refractivity (Wildman–Crippen MR) is 51.3 cm³/mol. The Hall–Kier alpha value is -1.16. The molecule has 1 aromatic rings. The summed E-state index contributed by atoms with van der Waals surface area (Å²) >= 11 is 2.99. The van der Waals surface area contributed by atoms with Crippen LogP contribution in [0, 0.1) is 5.82 Å². The van der Waals surface area contributed by atoms with Crippen LogP contribution in [-0.4, -0.2) is 11.1 Å². The number of carboxylic acids is 1. The van der Waals surface area contributed by atoms with Gasteiger partial charge in [-0.1, -0.05) is 15.9 Å². The van der Waals surface area contributed by atoms with E-state index in [1.54, 1.807) is 0 Å². The van der Waals surface area contributed by atoms with Crippen molar-refractivity contribution < 1.29 is 14.3 Å². The maximum atomic E-state index is 13.0. The van der Waals surface area contributed by atoms with Crippen molar-refractivity contribution in [3.05, 3.63) is 40.1 Å². The van der Waals surface area contributed by atoms with Gasteiger partial charge in [-0.15, -0.1) is 0 Å². The number of carboxylic acid groups (broad SMARTS) is 1. The third-order valence-corrected chi connectivity index (χ3v) is 1.75. The van der Waals surface area contributed by atoms with Gasteiger partial charge in [-0.05, 0) is 29.3 Å². The molecule has 1 rings (SSSR count). The monoisotopic (exact) mass is 244 g/mol. The zero-order valence-electron chi connectivity index (χ0n) is 6.50. The van der Waals surface area contributed by atoms with E-state index in [1.165, 1.54) is 23.2 Å². The van der Waals surface area contributed by atoms with Gasteiger partial charge in [-0.2, -0.15) is 0 Å². The number of benzene rings is 1. The Balaban J connectivity index is 3.18. The molecular weight excluding hydrogens is 239 g/mol. The highest BCUT2D eigenvalue weighted by atomic mass is 79.9. The van der Waals surface area contributed by atoms with E-state index in [-0.39, 0.29) is 11.1 Å². The third kappa shape index (κ3) is 2.39. The van der Waals surface area contributed by atoms with Gasteiger partial charge >= 0.3 is 5.97 Å². The molecule has 0 aromatic heterocycles. The molecule has 0 aliphatic carbocycles. The number of hydrogen-bond acceptors (Lipinski definition) is 1. The second kappa shape index (κ2) is 4.18. The van der Waals surface area contributed by atoms with Crippen LogP contribution in [0.15, 0.2) is 23.2 Å². The van der Waals surface area contributed by atoms with Crippen LogP contribution in [0.5, 0.6) is 0 Å². The van der Waals surface area contributed by atoms with Gasteiger partial charge < -0.3 is 5.11 Å². The maximum absolute atomic E-state index is 13.0. The van der Waals surface area contributed by atoms with E-state index >= 15 is 0 Å². The van der Waals surface area contributed by atoms with Crippen molar-refractivity contribution >= 4 is 28.0 Å². The summed E-state index contributed by atoms with van der Waals surface area (Å²) in [5.41, 5.74) is 0.318. The van der Waals surface area contributed by atoms with E-state index in [0.717, 1.165) is 6.07 Å². The lowest BCUT2D eigenvalue weighted by Crippen LogP contribution is -1.97. The Kier molecular flexibility index (Phi) is 3.19. The standard InChI is InChI=1S/C9H6BrFO2/c10-4-3-6-5-7(9(12)13)1-2-8(6)11/h1-5H,(H,12,13)/b4-3+. The molecule has 0 saturated carbocycles. The van der Waals surface area contributed by atoms with E-state index in [4.69, 9.17) is 5.11 Å². The molecule has 0 heterocycles. The summed E-state index contributed by atoms with van der Waals surface area (Å²) in [5, 5.41) is 8.61. The van der Waals surface area contributed by atoms with Crippen LogP contribution < -0.4 is 0 Å². The van der Waals surface area contributed by atoms with E-state index in [9.17, 15) is 9.18 Å². The van der Waals surface area contributed by atoms with E-state index < -0.39 is 11.8 Å². The number of rotatable bonds is 2. The van der Waals surface area contributed by atoms with Crippen LogP contribution in [0.1, 0.15) is 15.9 Å². The Labute approximate surface area is 82.8 Å². The first kappa shape index (κ1) is 9.92. The first-order chi connectivity index (χ1) is 6.15. The van der Waals surface area contributed by atoms with Crippen molar-refractivity contribution in [2.24, 2.45) is 0 Å². The van der Waals surface area contributed by atoms with Crippen molar-refractivity contribution in [2.45, 2.75) is 0 Å². The van der Waals surface area contributed by atoms with Crippen molar-refractivity contribution in [3.8, 4) is 0 Å². The third-order valence-electron chi connectivity index (χ3n) is 1.49. The lowest BCUT2D eigenvalue weighted by atomic mass is 10.1. The Morgan fingerprint density at radius 2 is 2.23 bits per heavy atom. The van der Waals surface area contributed by atoms with Crippen LogP contribution >= 0.6 is 15.9 Å². The van der Waals surface area contributed by atoms with Gasteiger partial charge in [0.2, 0.25) is 0 Å². The molecule has 0 amide bonds. The molecule has 13 heavy (non-hydrogen) atoms. The molecule has 0 saturated heterocycles. The van der Waals surface area contributed by atoms with Crippen molar-refractivity contribution in [1.29, 1.82) is 0 Å². The minimum Gasteiger partial charge on any atom is -0.478 e. The first-order valence-electron chi connectivity index (χ1n) is 3.44. The van der Waals surface area contributed by atoms with Gasteiger partial charge in [0.05, 0.1) is 5.56 Å². The highest BCUT2D eigenvalue weighted by Gasteiger charge is 2.05. The van der Waals surface area contributed by atoms with Gasteiger partial charge in [-0.3, -0.25) is 0 Å². The molecule has 0 bridgehead atoms. The Morgan fingerprint density at radius 1 is 1.54 bits per heavy atom. The van der Waals surface area contributed by atoms with Crippen molar-refractivity contribution in [3.63, 3.8) is 0 Å². The molecule has 0 atom stereocenters. The van der Waals surface area contributed by atoms with Gasteiger partial charge in [0.25, 0.3) is 0 Å². The molecule has 4 heteroatoms. The minimum absolute atomic E-state index is 0.0713. The smallest absolute Gasteiger partial charge is 0.335 e. The second-order valence-electron chi connectivity index (χ2n) is 2.33. The predicted octanol–water partition coefficient (Wildman–Crippen LogP) is 2.89. The number of aromatic carboxylic acids is 1. The molecule has 68 valence electrons. The van der Waals surface area contributed by atoms with Crippen LogP contribution in [0.2, 0.25) is 0 Å². The highest BCUT2D eigenvalue weighted by molar-refractivity contribution is 9.11. The molecule has 1 N–H and O–H groups in total. The average molecular weight is 245 g/mol. The van der Waals surface area contributed by atoms with Gasteiger partial charge in [0, 0.05) is 5.56 Å². The normalized spacial score (nSPS) is 10.6. The molecule has 0 aliphatic rings. The Bertz CT molecular complexity index is 361. The first-order valence-corrected chi connectivity index (χ1v) is 4.36. The lowest BCUT2D eigenvalue weighted by Gasteiger charge is -1.98. The zero-order valence-corrected chi connectivity index (χ0v) is 8.08. The maximum Gasteiger partial charge on any atom is 0.335 e. The van der Waals surface area contributed by atoms with Crippen LogP contribution in [0.25, 0.3) is 6.08 Å². The largest absolute Gasteiger partial charge is 0.478 e. The van der Waals surface area contributed by atoms with E-state index in [2.05, 4.69) is 15.9 Å².